The first-order valence-corrected chi connectivity index (χ1v) is 6.90. The Morgan fingerprint density at radius 3 is 2.85 bits per heavy atom. The van der Waals surface area contributed by atoms with Crippen LogP contribution in [-0.4, -0.2) is 17.6 Å². The maximum atomic E-state index is 11.0. The fourth-order valence-electron chi connectivity index (χ4n) is 2.69. The molecule has 1 aliphatic rings. The molecule has 0 aromatic heterocycles. The maximum absolute atomic E-state index is 11.0. The van der Waals surface area contributed by atoms with E-state index in [0.717, 1.165) is 24.9 Å². The third-order valence-electron chi connectivity index (χ3n) is 3.69. The first-order valence-electron chi connectivity index (χ1n) is 6.90. The van der Waals surface area contributed by atoms with Gasteiger partial charge in [-0.15, -0.1) is 0 Å². The minimum absolute atomic E-state index is 0.349. The van der Waals surface area contributed by atoms with Crippen molar-refractivity contribution in [3.63, 3.8) is 0 Å². The van der Waals surface area contributed by atoms with Gasteiger partial charge in [0.15, 0.2) is 0 Å². The molecule has 0 unspecified atom stereocenters. The molecule has 0 spiro atoms. The SMILES string of the molecule is O=C(O)c1cccc(Cc2ccc3c(c2)CCCN3)c1. The molecule has 20 heavy (non-hydrogen) atoms. The Bertz CT molecular complexity index is 649. The number of carboxylic acids is 1. The molecule has 3 rings (SSSR count). The van der Waals surface area contributed by atoms with Crippen LogP contribution >= 0.6 is 0 Å². The molecule has 2 aromatic rings. The minimum atomic E-state index is -0.874. The number of nitrogens with one attached hydrogen (secondary N) is 1. The molecule has 0 aliphatic carbocycles. The van der Waals surface area contributed by atoms with Crippen molar-refractivity contribution in [3.8, 4) is 0 Å². The van der Waals surface area contributed by atoms with Crippen LogP contribution in [0.1, 0.15) is 33.5 Å². The monoisotopic (exact) mass is 267 g/mol. The summed E-state index contributed by atoms with van der Waals surface area (Å²) >= 11 is 0. The first-order chi connectivity index (χ1) is 9.72. The number of hydrogen-bond donors (Lipinski definition) is 2. The molecular formula is C17H17NO2. The zero-order chi connectivity index (χ0) is 13.9. The Morgan fingerprint density at radius 2 is 2.00 bits per heavy atom. The Hall–Kier alpha value is -2.29. The maximum Gasteiger partial charge on any atom is 0.335 e. The summed E-state index contributed by atoms with van der Waals surface area (Å²) < 4.78 is 0. The van der Waals surface area contributed by atoms with Gasteiger partial charge in [-0.05, 0) is 54.2 Å². The van der Waals surface area contributed by atoms with Crippen molar-refractivity contribution >= 4 is 11.7 Å². The van der Waals surface area contributed by atoms with Crippen molar-refractivity contribution in [2.45, 2.75) is 19.3 Å². The molecule has 3 nitrogen and oxygen atoms in total. The molecule has 0 saturated heterocycles. The number of fused-ring (bicyclic) bond motifs is 1. The van der Waals surface area contributed by atoms with Gasteiger partial charge in [0.25, 0.3) is 0 Å². The Kier molecular flexibility index (Phi) is 3.42. The average molecular weight is 267 g/mol. The molecule has 0 bridgehead atoms. The Morgan fingerprint density at radius 1 is 1.15 bits per heavy atom. The number of carboxylic acid groups (broad SMARTS) is 1. The molecule has 2 aromatic carbocycles. The molecule has 0 atom stereocenters. The van der Waals surface area contributed by atoms with E-state index in [0.29, 0.717) is 5.56 Å². The quantitative estimate of drug-likeness (QED) is 0.896. The lowest BCUT2D eigenvalue weighted by molar-refractivity contribution is 0.0697. The Balaban J connectivity index is 1.84. The van der Waals surface area contributed by atoms with E-state index in [1.807, 2.05) is 6.07 Å². The third kappa shape index (κ3) is 2.67. The number of carbonyl (C=O) groups is 1. The van der Waals surface area contributed by atoms with Gasteiger partial charge in [-0.2, -0.15) is 0 Å². The highest BCUT2D eigenvalue weighted by atomic mass is 16.4. The predicted molar refractivity (Wildman–Crippen MR) is 79.5 cm³/mol. The number of aryl methyl sites for hydroxylation is 1. The van der Waals surface area contributed by atoms with Crippen molar-refractivity contribution in [3.05, 3.63) is 64.7 Å². The van der Waals surface area contributed by atoms with Gasteiger partial charge in [-0.1, -0.05) is 24.3 Å². The predicted octanol–water partition coefficient (Wildman–Crippen LogP) is 3.33. The van der Waals surface area contributed by atoms with E-state index >= 15 is 0 Å². The number of rotatable bonds is 3. The fourth-order valence-corrected chi connectivity index (χ4v) is 2.69. The van der Waals surface area contributed by atoms with E-state index in [1.165, 1.54) is 23.2 Å². The smallest absolute Gasteiger partial charge is 0.335 e. The molecule has 102 valence electrons. The van der Waals surface area contributed by atoms with Crippen LogP contribution in [-0.2, 0) is 12.8 Å². The van der Waals surface area contributed by atoms with Crippen LogP contribution < -0.4 is 5.32 Å². The van der Waals surface area contributed by atoms with E-state index in [-0.39, 0.29) is 0 Å². The zero-order valence-corrected chi connectivity index (χ0v) is 11.2. The minimum Gasteiger partial charge on any atom is -0.478 e. The van der Waals surface area contributed by atoms with Crippen LogP contribution in [0.2, 0.25) is 0 Å². The molecule has 0 amide bonds. The van der Waals surface area contributed by atoms with Gasteiger partial charge in [0, 0.05) is 12.2 Å². The summed E-state index contributed by atoms with van der Waals surface area (Å²) in [4.78, 5) is 11.0. The van der Waals surface area contributed by atoms with Gasteiger partial charge in [0.2, 0.25) is 0 Å². The van der Waals surface area contributed by atoms with Gasteiger partial charge in [-0.25, -0.2) is 4.79 Å². The van der Waals surface area contributed by atoms with Crippen molar-refractivity contribution in [1.29, 1.82) is 0 Å². The summed E-state index contributed by atoms with van der Waals surface area (Å²) in [5.74, 6) is -0.874. The summed E-state index contributed by atoms with van der Waals surface area (Å²) in [7, 11) is 0. The topological polar surface area (TPSA) is 49.3 Å². The van der Waals surface area contributed by atoms with Crippen LogP contribution in [0.5, 0.6) is 0 Å². The van der Waals surface area contributed by atoms with E-state index in [2.05, 4.69) is 23.5 Å². The first kappa shape index (κ1) is 12.7. The molecule has 0 radical (unpaired) electrons. The van der Waals surface area contributed by atoms with Gasteiger partial charge in [0.05, 0.1) is 5.56 Å². The van der Waals surface area contributed by atoms with Gasteiger partial charge < -0.3 is 10.4 Å². The Labute approximate surface area is 118 Å². The highest BCUT2D eigenvalue weighted by molar-refractivity contribution is 5.87. The molecule has 3 heteroatoms. The van der Waals surface area contributed by atoms with Crippen molar-refractivity contribution in [1.82, 2.24) is 0 Å². The van der Waals surface area contributed by atoms with E-state index < -0.39 is 5.97 Å². The van der Waals surface area contributed by atoms with Crippen molar-refractivity contribution in [2.24, 2.45) is 0 Å². The summed E-state index contributed by atoms with van der Waals surface area (Å²) in [5.41, 5.74) is 5.22. The van der Waals surface area contributed by atoms with Crippen LogP contribution in [0.4, 0.5) is 5.69 Å². The van der Waals surface area contributed by atoms with Gasteiger partial charge in [0.1, 0.15) is 0 Å². The standard InChI is InChI=1S/C17H17NO2/c19-17(20)15-4-1-3-12(11-15)9-13-6-7-16-14(10-13)5-2-8-18-16/h1,3-4,6-7,10-11,18H,2,5,8-9H2,(H,19,20). The number of anilines is 1. The highest BCUT2D eigenvalue weighted by Crippen LogP contribution is 2.24. The number of aromatic carboxylic acids is 1. The lowest BCUT2D eigenvalue weighted by atomic mass is 9.97. The van der Waals surface area contributed by atoms with Gasteiger partial charge >= 0.3 is 5.97 Å². The summed E-state index contributed by atoms with van der Waals surface area (Å²) in [6.45, 7) is 1.05. The molecule has 1 aliphatic heterocycles. The van der Waals surface area contributed by atoms with Crippen LogP contribution in [0.3, 0.4) is 0 Å². The second-order valence-corrected chi connectivity index (χ2v) is 5.20. The van der Waals surface area contributed by atoms with E-state index in [9.17, 15) is 4.79 Å². The molecule has 0 fully saturated rings. The largest absolute Gasteiger partial charge is 0.478 e. The summed E-state index contributed by atoms with van der Waals surface area (Å²) in [6, 6.07) is 13.6. The second kappa shape index (κ2) is 5.37. The average Bonchev–Trinajstić information content (AvgIpc) is 2.47. The summed E-state index contributed by atoms with van der Waals surface area (Å²) in [6.07, 6.45) is 3.06. The van der Waals surface area contributed by atoms with Crippen LogP contribution in [0, 0.1) is 0 Å². The highest BCUT2D eigenvalue weighted by Gasteiger charge is 2.09. The molecule has 1 heterocycles. The lowest BCUT2D eigenvalue weighted by Crippen LogP contribution is -2.11. The molecule has 2 N–H and O–H groups in total. The third-order valence-corrected chi connectivity index (χ3v) is 3.69. The normalized spacial score (nSPS) is 13.4. The number of hydrogen-bond acceptors (Lipinski definition) is 2. The zero-order valence-electron chi connectivity index (χ0n) is 11.2. The van der Waals surface area contributed by atoms with E-state index in [1.54, 1.807) is 18.2 Å². The lowest BCUT2D eigenvalue weighted by Gasteiger charge is -2.18. The second-order valence-electron chi connectivity index (χ2n) is 5.20. The van der Waals surface area contributed by atoms with Crippen molar-refractivity contribution in [2.75, 3.05) is 11.9 Å². The van der Waals surface area contributed by atoms with Gasteiger partial charge in [-0.3, -0.25) is 0 Å². The molecule has 0 saturated carbocycles. The van der Waals surface area contributed by atoms with Crippen molar-refractivity contribution < 1.29 is 9.90 Å². The molecular weight excluding hydrogens is 250 g/mol. The van der Waals surface area contributed by atoms with Crippen LogP contribution in [0.25, 0.3) is 0 Å². The summed E-state index contributed by atoms with van der Waals surface area (Å²) in [5, 5.41) is 12.4. The van der Waals surface area contributed by atoms with Crippen LogP contribution in [0.15, 0.2) is 42.5 Å². The number of benzene rings is 2. The van der Waals surface area contributed by atoms with E-state index in [4.69, 9.17) is 5.11 Å². The fraction of sp³-hybridized carbons (Fsp3) is 0.235.